The van der Waals surface area contributed by atoms with Crippen molar-refractivity contribution in [2.45, 2.75) is 33.9 Å². The van der Waals surface area contributed by atoms with Gasteiger partial charge in [0, 0.05) is 6.54 Å². The minimum absolute atomic E-state index is 0.315. The molecule has 0 aliphatic heterocycles. The lowest BCUT2D eigenvalue weighted by Gasteiger charge is -2.11. The van der Waals surface area contributed by atoms with Crippen LogP contribution in [0.25, 0.3) is 11.0 Å². The second-order valence-corrected chi connectivity index (χ2v) is 6.15. The number of carbonyl (C=O) groups excluding carboxylic acids is 1. The lowest BCUT2D eigenvalue weighted by Crippen LogP contribution is -2.35. The molecule has 0 bridgehead atoms. The molecule has 7 nitrogen and oxygen atoms in total. The van der Waals surface area contributed by atoms with E-state index in [-0.39, 0.29) is 5.97 Å². The number of rotatable bonds is 7. The second-order valence-electron chi connectivity index (χ2n) is 6.15. The van der Waals surface area contributed by atoms with Crippen molar-refractivity contribution in [1.82, 2.24) is 10.1 Å². The third kappa shape index (κ3) is 3.72. The predicted molar refractivity (Wildman–Crippen MR) is 103 cm³/mol. The highest BCUT2D eigenvalue weighted by Gasteiger charge is 2.25. The van der Waals surface area contributed by atoms with Crippen LogP contribution in [-0.2, 0) is 17.8 Å². The van der Waals surface area contributed by atoms with Crippen LogP contribution in [0.3, 0.4) is 0 Å². The van der Waals surface area contributed by atoms with Gasteiger partial charge >= 0.3 is 11.6 Å². The molecule has 0 radical (unpaired) electrons. The van der Waals surface area contributed by atoms with E-state index in [1.165, 1.54) is 0 Å². The Labute approximate surface area is 158 Å². The van der Waals surface area contributed by atoms with Gasteiger partial charge in [0.05, 0.1) is 25.1 Å². The molecular weight excluding hydrogens is 344 g/mol. The van der Waals surface area contributed by atoms with E-state index >= 15 is 0 Å². The van der Waals surface area contributed by atoms with Crippen LogP contribution in [0.15, 0.2) is 30.5 Å². The van der Waals surface area contributed by atoms with Gasteiger partial charge in [0.2, 0.25) is 0 Å². The molecule has 3 rings (SSSR count). The summed E-state index contributed by atoms with van der Waals surface area (Å²) < 4.78 is 12.4. The Hall–Kier alpha value is -3.09. The summed E-state index contributed by atoms with van der Waals surface area (Å²) in [5.74, 6) is 0.426. The van der Waals surface area contributed by atoms with Gasteiger partial charge in [-0.2, -0.15) is 4.68 Å². The second kappa shape index (κ2) is 8.07. The number of fused-ring (bicyclic) bond motifs is 1. The average molecular weight is 369 g/mol. The molecule has 27 heavy (non-hydrogen) atoms. The molecule has 0 spiro atoms. The molecule has 142 valence electrons. The molecule has 2 N–H and O–H groups in total. The van der Waals surface area contributed by atoms with Crippen molar-refractivity contribution >= 4 is 22.7 Å². The third-order valence-electron chi connectivity index (χ3n) is 4.43. The first-order valence-corrected chi connectivity index (χ1v) is 9.04. The lowest BCUT2D eigenvalue weighted by molar-refractivity contribution is -0.725. The summed E-state index contributed by atoms with van der Waals surface area (Å²) in [5.41, 5.74) is 3.99. The van der Waals surface area contributed by atoms with E-state index < -0.39 is 0 Å². The van der Waals surface area contributed by atoms with Gasteiger partial charge in [-0.15, -0.1) is 0 Å². The summed E-state index contributed by atoms with van der Waals surface area (Å²) in [4.78, 5) is 16.9. The molecular formula is C20H25N4O3+. The highest BCUT2D eigenvalue weighted by molar-refractivity contribution is 6.04. The summed E-state index contributed by atoms with van der Waals surface area (Å²) >= 11 is 0. The van der Waals surface area contributed by atoms with Crippen LogP contribution >= 0.6 is 0 Å². The van der Waals surface area contributed by atoms with Crippen LogP contribution in [0.2, 0.25) is 0 Å². The molecule has 3 aromatic rings. The quantitative estimate of drug-likeness (QED) is 0.494. The van der Waals surface area contributed by atoms with Crippen LogP contribution in [0.5, 0.6) is 5.75 Å². The van der Waals surface area contributed by atoms with Crippen LogP contribution in [-0.4, -0.2) is 29.8 Å². The number of anilines is 1. The zero-order chi connectivity index (χ0) is 19.4. The molecule has 0 fully saturated rings. The van der Waals surface area contributed by atoms with Gasteiger partial charge in [0.1, 0.15) is 23.2 Å². The molecule has 0 atom stereocenters. The number of aryl methyl sites for hydroxylation is 2. The summed E-state index contributed by atoms with van der Waals surface area (Å²) in [6.07, 6.45) is 1.58. The molecule has 2 aromatic heterocycles. The number of carbonyl (C=O) groups is 1. The number of aromatic nitrogens is 3. The maximum Gasteiger partial charge on any atom is 0.352 e. The normalized spacial score (nSPS) is 10.8. The molecule has 0 aliphatic carbocycles. The van der Waals surface area contributed by atoms with Crippen LogP contribution < -0.4 is 14.7 Å². The fourth-order valence-electron chi connectivity index (χ4n) is 3.08. The number of aromatic amines is 1. The van der Waals surface area contributed by atoms with E-state index in [1.807, 2.05) is 42.8 Å². The van der Waals surface area contributed by atoms with Crippen molar-refractivity contribution in [3.05, 3.63) is 47.3 Å². The van der Waals surface area contributed by atoms with E-state index in [1.54, 1.807) is 20.2 Å². The summed E-state index contributed by atoms with van der Waals surface area (Å²) in [5, 5.41) is 7.61. The Morgan fingerprint density at radius 3 is 2.63 bits per heavy atom. The number of hydrogen-bond acceptors (Lipinski definition) is 5. The highest BCUT2D eigenvalue weighted by atomic mass is 16.5. The standard InChI is InChI=1S/C20H24N4O3/c1-5-24-19-17(13(3)23-24)18(16(12-22-19)20(25)27-6-2)21-11-14-7-9-15(26-4)10-8-14/h7-10,12H,5-6,11H2,1-4H3,(H,21,22,23,25)/p+1. The molecule has 2 heterocycles. The topological polar surface area (TPSA) is 80.1 Å². The number of hydrogen-bond donors (Lipinski definition) is 2. The first kappa shape index (κ1) is 18.7. The van der Waals surface area contributed by atoms with E-state index in [9.17, 15) is 4.79 Å². The maximum absolute atomic E-state index is 12.5. The van der Waals surface area contributed by atoms with E-state index in [4.69, 9.17) is 9.47 Å². The minimum atomic E-state index is -0.382. The van der Waals surface area contributed by atoms with Crippen molar-refractivity contribution in [1.29, 1.82) is 0 Å². The first-order chi connectivity index (χ1) is 13.1. The van der Waals surface area contributed by atoms with Crippen molar-refractivity contribution in [3.63, 3.8) is 0 Å². The Kier molecular flexibility index (Phi) is 5.59. The maximum atomic E-state index is 12.5. The SMILES string of the molecule is CCOC(=O)c1cnc2c(c(C)[nH][n+]2CC)c1NCc1ccc(OC)cc1. The Balaban J connectivity index is 2.02. The zero-order valence-electron chi connectivity index (χ0n) is 16.1. The number of methoxy groups -OCH3 is 1. The van der Waals surface area contributed by atoms with Crippen molar-refractivity contribution in [2.24, 2.45) is 0 Å². The Morgan fingerprint density at radius 1 is 1.26 bits per heavy atom. The van der Waals surface area contributed by atoms with Crippen LogP contribution in [0, 0.1) is 6.92 Å². The van der Waals surface area contributed by atoms with Gasteiger partial charge in [-0.3, -0.25) is 0 Å². The van der Waals surface area contributed by atoms with E-state index in [0.717, 1.165) is 40.3 Å². The molecule has 0 unspecified atom stereocenters. The summed E-state index contributed by atoms with van der Waals surface area (Å²) in [7, 11) is 1.64. The molecule has 0 aliphatic rings. The average Bonchev–Trinajstić information content (AvgIpc) is 3.02. The van der Waals surface area contributed by atoms with E-state index in [0.29, 0.717) is 18.7 Å². The molecule has 1 aromatic carbocycles. The summed E-state index contributed by atoms with van der Waals surface area (Å²) in [6, 6.07) is 7.81. The molecule has 7 heteroatoms. The predicted octanol–water partition coefficient (Wildman–Crippen LogP) is 2.98. The van der Waals surface area contributed by atoms with Crippen LogP contribution in [0.4, 0.5) is 5.69 Å². The van der Waals surface area contributed by atoms with Gasteiger partial charge in [-0.25, -0.2) is 9.89 Å². The highest BCUT2D eigenvalue weighted by Crippen LogP contribution is 2.28. The number of nitrogens with one attached hydrogen (secondary N) is 2. The fourth-order valence-corrected chi connectivity index (χ4v) is 3.08. The number of H-pyrrole nitrogens is 1. The van der Waals surface area contributed by atoms with Gasteiger partial charge in [-0.05, 0) is 43.5 Å². The number of pyridine rings is 1. The van der Waals surface area contributed by atoms with Gasteiger partial charge in [-0.1, -0.05) is 12.1 Å². The lowest BCUT2D eigenvalue weighted by atomic mass is 10.1. The molecule has 0 amide bonds. The van der Waals surface area contributed by atoms with Gasteiger partial charge in [0.15, 0.2) is 6.20 Å². The van der Waals surface area contributed by atoms with Gasteiger partial charge < -0.3 is 14.8 Å². The number of ether oxygens (including phenoxy) is 2. The number of nitrogens with zero attached hydrogens (tertiary/aromatic N) is 2. The first-order valence-electron chi connectivity index (χ1n) is 9.04. The number of esters is 1. The Morgan fingerprint density at radius 2 is 2.00 bits per heavy atom. The fraction of sp³-hybridized carbons (Fsp3) is 0.350. The van der Waals surface area contributed by atoms with E-state index in [2.05, 4.69) is 15.4 Å². The Bertz CT molecular complexity index is 948. The van der Waals surface area contributed by atoms with Crippen LogP contribution in [0.1, 0.15) is 35.5 Å². The minimum Gasteiger partial charge on any atom is -0.497 e. The largest absolute Gasteiger partial charge is 0.497 e. The monoisotopic (exact) mass is 369 g/mol. The smallest absolute Gasteiger partial charge is 0.352 e. The van der Waals surface area contributed by atoms with Gasteiger partial charge in [0.25, 0.3) is 0 Å². The zero-order valence-corrected chi connectivity index (χ0v) is 16.1. The van der Waals surface area contributed by atoms with Crippen molar-refractivity contribution < 1.29 is 19.0 Å². The molecule has 0 saturated carbocycles. The molecule has 0 saturated heterocycles. The van der Waals surface area contributed by atoms with Crippen molar-refractivity contribution in [2.75, 3.05) is 19.0 Å². The third-order valence-corrected chi connectivity index (χ3v) is 4.43. The van der Waals surface area contributed by atoms with Crippen molar-refractivity contribution in [3.8, 4) is 5.75 Å². The summed E-state index contributed by atoms with van der Waals surface area (Å²) in [6.45, 7) is 7.45. The number of benzene rings is 1.